The van der Waals surface area contributed by atoms with E-state index in [1.165, 1.54) is 6.08 Å². The molecule has 2 bridgehead atoms. The molecule has 0 amide bonds. The van der Waals surface area contributed by atoms with E-state index in [0.717, 1.165) is 11.6 Å². The number of hydrogen-bond acceptors (Lipinski definition) is 11. The highest BCUT2D eigenvalue weighted by Crippen LogP contribution is 2.55. The molecule has 0 saturated carbocycles. The number of esters is 1. The zero-order valence-corrected chi connectivity index (χ0v) is 26.7. The van der Waals surface area contributed by atoms with Crippen molar-refractivity contribution in [1.29, 1.82) is 0 Å². The lowest BCUT2D eigenvalue weighted by molar-refractivity contribution is -0.374. The van der Waals surface area contributed by atoms with Crippen LogP contribution in [-0.4, -0.2) is 107 Å². The zero-order chi connectivity index (χ0) is 35.5. The van der Waals surface area contributed by atoms with Gasteiger partial charge in [-0.05, 0) is 55.1 Å². The molecule has 2 heterocycles. The number of hydrogen-bond donors (Lipinski definition) is 7. The third kappa shape index (κ3) is 7.27. The van der Waals surface area contributed by atoms with Gasteiger partial charge in [-0.1, -0.05) is 63.8 Å². The summed E-state index contributed by atoms with van der Waals surface area (Å²) in [6.07, 6.45) is -7.00. The molecule has 0 aliphatic carbocycles. The molecular formula is C33H44O14. The predicted octanol–water partition coefficient (Wildman–Crippen LogP) is 1.28. The van der Waals surface area contributed by atoms with Crippen molar-refractivity contribution in [3.8, 4) is 0 Å². The Morgan fingerprint density at radius 3 is 2.15 bits per heavy atom. The molecule has 11 unspecified atom stereocenters. The molecule has 2 aliphatic heterocycles. The number of rotatable bonds is 16. The molecule has 14 heteroatoms. The van der Waals surface area contributed by atoms with Gasteiger partial charge in [-0.15, -0.1) is 0 Å². The standard InChI is InChI=1S/C33H44O14/c1-17(15-19(3)21(5)34)11-12-23(35)45-26-25(37)31(14-13-18(2)24(36)20(4)16-22-9-7-6-8-10-22)46-27(28(38)39)32(44,29(40)41)33(26,47-31)30(42)43/h6-12,17,19-21,24-27,34,36-37,44H,2,13-16H2,1,3-5H3,(H,38,39)(H,40,41)(H,42,43). The molecule has 47 heavy (non-hydrogen) atoms. The average Bonchev–Trinajstić information content (AvgIpc) is 3.22. The molecule has 3 rings (SSSR count). The maximum absolute atomic E-state index is 13.0. The molecule has 0 spiro atoms. The number of ether oxygens (including phenoxy) is 3. The van der Waals surface area contributed by atoms with Gasteiger partial charge >= 0.3 is 23.9 Å². The van der Waals surface area contributed by atoms with Gasteiger partial charge in [0.2, 0.25) is 23.1 Å². The van der Waals surface area contributed by atoms with Crippen molar-refractivity contribution >= 4 is 23.9 Å². The second kappa shape index (κ2) is 14.6. The van der Waals surface area contributed by atoms with Crippen LogP contribution in [0.4, 0.5) is 0 Å². The van der Waals surface area contributed by atoms with Crippen molar-refractivity contribution in [3.63, 3.8) is 0 Å². The number of carbonyl (C=O) groups is 4. The quantitative estimate of drug-likeness (QED) is 0.0749. The number of carbonyl (C=O) groups excluding carboxylic acids is 1. The van der Waals surface area contributed by atoms with E-state index in [9.17, 15) is 54.9 Å². The number of allylic oxidation sites excluding steroid dienone is 1. The highest BCUT2D eigenvalue weighted by atomic mass is 16.8. The fourth-order valence-electron chi connectivity index (χ4n) is 6.20. The van der Waals surface area contributed by atoms with Gasteiger partial charge in [0.25, 0.3) is 0 Å². The largest absolute Gasteiger partial charge is 0.479 e. The molecule has 11 atom stereocenters. The van der Waals surface area contributed by atoms with Crippen molar-refractivity contribution in [1.82, 2.24) is 0 Å². The maximum atomic E-state index is 13.0. The van der Waals surface area contributed by atoms with Gasteiger partial charge in [-0.3, -0.25) is 0 Å². The smallest absolute Gasteiger partial charge is 0.344 e. The van der Waals surface area contributed by atoms with E-state index >= 15 is 0 Å². The lowest BCUT2D eigenvalue weighted by Gasteiger charge is -2.48. The molecule has 260 valence electrons. The summed E-state index contributed by atoms with van der Waals surface area (Å²) >= 11 is 0. The van der Waals surface area contributed by atoms with E-state index in [2.05, 4.69) is 6.58 Å². The predicted molar refractivity (Wildman–Crippen MR) is 163 cm³/mol. The van der Waals surface area contributed by atoms with Crippen LogP contribution in [0, 0.1) is 17.8 Å². The van der Waals surface area contributed by atoms with Gasteiger partial charge in [-0.2, -0.15) is 0 Å². The van der Waals surface area contributed by atoms with Crippen LogP contribution in [0.1, 0.15) is 52.5 Å². The van der Waals surface area contributed by atoms with Crippen LogP contribution >= 0.6 is 0 Å². The topological polar surface area (TPSA) is 238 Å². The van der Waals surface area contributed by atoms with E-state index in [0.29, 0.717) is 12.8 Å². The van der Waals surface area contributed by atoms with Crippen LogP contribution in [0.3, 0.4) is 0 Å². The highest BCUT2D eigenvalue weighted by Gasteiger charge is 2.85. The van der Waals surface area contributed by atoms with Crippen molar-refractivity contribution in [3.05, 3.63) is 60.2 Å². The molecule has 0 radical (unpaired) electrons. The Bertz CT molecular complexity index is 1360. The number of carboxylic acids is 3. The van der Waals surface area contributed by atoms with E-state index in [-0.39, 0.29) is 29.7 Å². The molecule has 1 aromatic carbocycles. The Labute approximate surface area is 271 Å². The molecule has 7 N–H and O–H groups in total. The Balaban J connectivity index is 1.96. The summed E-state index contributed by atoms with van der Waals surface area (Å²) in [5.74, 6) is -11.4. The minimum atomic E-state index is -3.90. The lowest BCUT2D eigenvalue weighted by atomic mass is 9.74. The number of aliphatic hydroxyl groups excluding tert-OH is 3. The summed E-state index contributed by atoms with van der Waals surface area (Å²) in [7, 11) is 0. The molecule has 2 saturated heterocycles. The average molecular weight is 665 g/mol. The van der Waals surface area contributed by atoms with Crippen LogP contribution in [-0.2, 0) is 39.8 Å². The summed E-state index contributed by atoms with van der Waals surface area (Å²) in [5.41, 5.74) is -6.35. The first-order chi connectivity index (χ1) is 21.8. The third-order valence-corrected chi connectivity index (χ3v) is 9.13. The fraction of sp³-hybridized carbons (Fsp3) is 0.576. The van der Waals surface area contributed by atoms with E-state index < -0.39 is 77.8 Å². The zero-order valence-electron chi connectivity index (χ0n) is 26.7. The Morgan fingerprint density at radius 1 is 1.00 bits per heavy atom. The van der Waals surface area contributed by atoms with E-state index in [1.54, 1.807) is 27.7 Å². The fourth-order valence-corrected chi connectivity index (χ4v) is 6.20. The lowest BCUT2D eigenvalue weighted by Crippen LogP contribution is -2.78. The number of fused-ring (bicyclic) bond motifs is 2. The minimum Gasteiger partial charge on any atom is -0.479 e. The minimum absolute atomic E-state index is 0.143. The van der Waals surface area contributed by atoms with Gasteiger partial charge in [0, 0.05) is 12.5 Å². The summed E-state index contributed by atoms with van der Waals surface area (Å²) in [5, 5.41) is 73.8. The van der Waals surface area contributed by atoms with Crippen molar-refractivity contribution in [2.45, 2.75) is 101 Å². The number of carboxylic acid groups (broad SMARTS) is 3. The first-order valence-corrected chi connectivity index (χ1v) is 15.3. The molecular weight excluding hydrogens is 620 g/mol. The normalized spacial score (nSPS) is 31.8. The van der Waals surface area contributed by atoms with Gasteiger partial charge in [-0.25, -0.2) is 19.2 Å². The monoisotopic (exact) mass is 664 g/mol. The van der Waals surface area contributed by atoms with Crippen LogP contribution in [0.25, 0.3) is 0 Å². The van der Waals surface area contributed by atoms with Gasteiger partial charge in [0.05, 0.1) is 12.2 Å². The Kier molecular flexibility index (Phi) is 11.8. The molecule has 14 nitrogen and oxygen atoms in total. The summed E-state index contributed by atoms with van der Waals surface area (Å²) in [6, 6.07) is 9.26. The van der Waals surface area contributed by atoms with Crippen LogP contribution in [0.5, 0.6) is 0 Å². The van der Waals surface area contributed by atoms with Crippen LogP contribution in [0.15, 0.2) is 54.6 Å². The molecule has 0 aromatic heterocycles. The van der Waals surface area contributed by atoms with Gasteiger partial charge in [0.15, 0.2) is 6.10 Å². The Morgan fingerprint density at radius 2 is 1.62 bits per heavy atom. The molecule has 2 aliphatic rings. The summed E-state index contributed by atoms with van der Waals surface area (Å²) < 4.78 is 16.3. The summed E-state index contributed by atoms with van der Waals surface area (Å²) in [6.45, 7) is 10.8. The SMILES string of the molecule is C=C(CCC12OC(C(=O)O)C(O)(C(=O)O)C(C(=O)O)(O1)C(OC(=O)C=CC(C)CC(C)C(C)O)C2O)C(O)C(C)Cc1ccccc1. The van der Waals surface area contributed by atoms with E-state index in [1.807, 2.05) is 30.3 Å². The highest BCUT2D eigenvalue weighted by molar-refractivity contribution is 5.98. The molecule has 1 aromatic rings. The van der Waals surface area contributed by atoms with Crippen molar-refractivity contribution in [2.24, 2.45) is 17.8 Å². The van der Waals surface area contributed by atoms with Crippen molar-refractivity contribution < 1.29 is 69.1 Å². The molecule has 2 fully saturated rings. The first kappa shape index (κ1) is 37.8. The number of aliphatic carboxylic acids is 3. The number of aliphatic hydroxyl groups is 4. The van der Waals surface area contributed by atoms with E-state index in [4.69, 9.17) is 14.2 Å². The van der Waals surface area contributed by atoms with Gasteiger partial charge in [0.1, 0.15) is 6.10 Å². The van der Waals surface area contributed by atoms with Crippen molar-refractivity contribution in [2.75, 3.05) is 0 Å². The first-order valence-electron chi connectivity index (χ1n) is 15.3. The second-order valence-corrected chi connectivity index (χ2v) is 12.7. The Hall–Kier alpha value is -3.66. The van der Waals surface area contributed by atoms with Crippen LogP contribution in [0.2, 0.25) is 0 Å². The summed E-state index contributed by atoms with van der Waals surface area (Å²) in [4.78, 5) is 50.5. The van der Waals surface area contributed by atoms with Gasteiger partial charge < -0.3 is 50.0 Å². The van der Waals surface area contributed by atoms with Crippen LogP contribution < -0.4 is 0 Å². The second-order valence-electron chi connectivity index (χ2n) is 12.7. The third-order valence-electron chi connectivity index (χ3n) is 9.13. The number of benzene rings is 1. The maximum Gasteiger partial charge on any atom is 0.344 e.